The monoisotopic (exact) mass is 361 g/mol. The van der Waals surface area contributed by atoms with E-state index in [0.717, 1.165) is 16.3 Å². The van der Waals surface area contributed by atoms with Crippen molar-refractivity contribution in [1.29, 1.82) is 0 Å². The van der Waals surface area contributed by atoms with E-state index in [2.05, 4.69) is 11.1 Å². The van der Waals surface area contributed by atoms with Crippen LogP contribution < -0.4 is 4.74 Å². The fourth-order valence-electron chi connectivity index (χ4n) is 2.80. The molecule has 0 bridgehead atoms. The Morgan fingerprint density at radius 3 is 2.62 bits per heavy atom. The summed E-state index contributed by atoms with van der Waals surface area (Å²) in [4.78, 5) is 17.0. The van der Waals surface area contributed by atoms with Gasteiger partial charge in [0.1, 0.15) is 5.04 Å². The molecule has 4 nitrogen and oxygen atoms in total. The van der Waals surface area contributed by atoms with Gasteiger partial charge in [-0.15, -0.1) is 0 Å². The van der Waals surface area contributed by atoms with Crippen molar-refractivity contribution in [1.82, 2.24) is 0 Å². The number of carbonyl (C=O) groups excluding carboxylic acids is 1. The van der Waals surface area contributed by atoms with E-state index < -0.39 is 0 Å². The molecule has 0 saturated heterocycles. The van der Waals surface area contributed by atoms with E-state index in [9.17, 15) is 9.90 Å². The van der Waals surface area contributed by atoms with Crippen LogP contribution in [0.25, 0.3) is 16.8 Å². The summed E-state index contributed by atoms with van der Waals surface area (Å²) in [6.07, 6.45) is 1.73. The summed E-state index contributed by atoms with van der Waals surface area (Å²) in [7, 11) is 1.49. The Morgan fingerprint density at radius 2 is 1.85 bits per heavy atom. The average Bonchev–Trinajstić information content (AvgIpc) is 3.02. The smallest absolute Gasteiger partial charge is 0.284 e. The van der Waals surface area contributed by atoms with Gasteiger partial charge in [0.15, 0.2) is 11.5 Å². The standard InChI is InChI=1S/C21H15NO3S/c1-25-18-9-6-13(10-17(18)23)11-19-20(24)22-21(26-19)16-8-7-14-4-2-3-5-15(14)12-16/h2-12,23H,1H3/b19-11-. The number of hydrogen-bond donors (Lipinski definition) is 1. The highest BCUT2D eigenvalue weighted by Gasteiger charge is 2.23. The lowest BCUT2D eigenvalue weighted by molar-refractivity contribution is -0.113. The van der Waals surface area contributed by atoms with Gasteiger partial charge >= 0.3 is 0 Å². The molecule has 26 heavy (non-hydrogen) atoms. The molecule has 0 atom stereocenters. The molecule has 0 fully saturated rings. The number of phenolic OH excluding ortho intramolecular Hbond substituents is 1. The number of hydrogen-bond acceptors (Lipinski definition) is 4. The summed E-state index contributed by atoms with van der Waals surface area (Å²) < 4.78 is 5.04. The summed E-state index contributed by atoms with van der Waals surface area (Å²) in [6, 6.07) is 19.1. The van der Waals surface area contributed by atoms with Crippen molar-refractivity contribution in [3.8, 4) is 11.5 Å². The van der Waals surface area contributed by atoms with Gasteiger partial charge < -0.3 is 9.84 Å². The predicted octanol–water partition coefficient (Wildman–Crippen LogP) is 4.62. The quantitative estimate of drug-likeness (QED) is 0.692. The fraction of sp³-hybridized carbons (Fsp3) is 0.0476. The Kier molecular flexibility index (Phi) is 4.22. The van der Waals surface area contributed by atoms with Gasteiger partial charge in [0.05, 0.1) is 12.0 Å². The minimum Gasteiger partial charge on any atom is -0.504 e. The van der Waals surface area contributed by atoms with Crippen LogP contribution >= 0.6 is 11.8 Å². The van der Waals surface area contributed by atoms with Crippen molar-refractivity contribution in [2.45, 2.75) is 0 Å². The zero-order valence-electron chi connectivity index (χ0n) is 14.0. The zero-order chi connectivity index (χ0) is 18.1. The molecule has 1 aliphatic heterocycles. The number of rotatable bonds is 3. The predicted molar refractivity (Wildman–Crippen MR) is 106 cm³/mol. The van der Waals surface area contributed by atoms with Gasteiger partial charge in [0, 0.05) is 5.56 Å². The normalized spacial score (nSPS) is 15.5. The Bertz CT molecular complexity index is 1090. The summed E-state index contributed by atoms with van der Waals surface area (Å²) in [5, 5.41) is 12.8. The van der Waals surface area contributed by atoms with Gasteiger partial charge in [-0.25, -0.2) is 4.99 Å². The van der Waals surface area contributed by atoms with E-state index in [1.165, 1.54) is 18.9 Å². The Hall–Kier alpha value is -3.05. The van der Waals surface area contributed by atoms with E-state index >= 15 is 0 Å². The van der Waals surface area contributed by atoms with Crippen LogP contribution in [-0.2, 0) is 4.79 Å². The van der Waals surface area contributed by atoms with Crippen LogP contribution in [0.2, 0.25) is 0 Å². The molecule has 1 N–H and O–H groups in total. The van der Waals surface area contributed by atoms with Gasteiger partial charge in [-0.2, -0.15) is 0 Å². The van der Waals surface area contributed by atoms with Crippen LogP contribution in [0.1, 0.15) is 11.1 Å². The lowest BCUT2D eigenvalue weighted by atomic mass is 10.1. The van der Waals surface area contributed by atoms with Crippen LogP contribution in [0.15, 0.2) is 70.6 Å². The van der Waals surface area contributed by atoms with Crippen molar-refractivity contribution in [2.24, 2.45) is 4.99 Å². The highest BCUT2D eigenvalue weighted by molar-refractivity contribution is 8.19. The third-order valence-corrected chi connectivity index (χ3v) is 5.15. The minimum absolute atomic E-state index is 0.0352. The molecule has 0 aromatic heterocycles. The Balaban J connectivity index is 1.62. The third-order valence-electron chi connectivity index (χ3n) is 4.12. The van der Waals surface area contributed by atoms with Crippen molar-refractivity contribution < 1.29 is 14.6 Å². The van der Waals surface area contributed by atoms with E-state index in [4.69, 9.17) is 4.74 Å². The lowest BCUT2D eigenvalue weighted by Gasteiger charge is -2.04. The second kappa shape index (κ2) is 6.69. The summed E-state index contributed by atoms with van der Waals surface area (Å²) >= 11 is 1.34. The average molecular weight is 361 g/mol. The first kappa shape index (κ1) is 16.4. The topological polar surface area (TPSA) is 58.9 Å². The number of methoxy groups -OCH3 is 1. The van der Waals surface area contributed by atoms with Gasteiger partial charge in [0.25, 0.3) is 5.91 Å². The molecule has 0 aliphatic carbocycles. The molecule has 1 aliphatic rings. The Labute approximate surface area is 154 Å². The number of phenols is 1. The number of thioether (sulfide) groups is 1. The second-order valence-corrected chi connectivity index (χ2v) is 6.86. The number of aromatic hydroxyl groups is 1. The van der Waals surface area contributed by atoms with Gasteiger partial charge in [-0.1, -0.05) is 54.2 Å². The molecule has 0 unspecified atom stereocenters. The molecule has 0 saturated carbocycles. The fourth-order valence-corrected chi connectivity index (χ4v) is 3.71. The van der Waals surface area contributed by atoms with Gasteiger partial charge in [-0.05, 0) is 40.6 Å². The van der Waals surface area contributed by atoms with Crippen molar-refractivity contribution in [3.05, 3.63) is 76.7 Å². The van der Waals surface area contributed by atoms with E-state index in [1.54, 1.807) is 24.3 Å². The zero-order valence-corrected chi connectivity index (χ0v) is 14.8. The largest absolute Gasteiger partial charge is 0.504 e. The van der Waals surface area contributed by atoms with Crippen LogP contribution in [0.5, 0.6) is 11.5 Å². The highest BCUT2D eigenvalue weighted by Crippen LogP contribution is 2.34. The van der Waals surface area contributed by atoms with E-state index in [-0.39, 0.29) is 11.7 Å². The van der Waals surface area contributed by atoms with Gasteiger partial charge in [-0.3, -0.25) is 4.79 Å². The van der Waals surface area contributed by atoms with E-state index in [0.29, 0.717) is 21.3 Å². The number of fused-ring (bicyclic) bond motifs is 1. The molecule has 3 aromatic rings. The summed E-state index contributed by atoms with van der Waals surface area (Å²) in [5.74, 6) is 0.159. The summed E-state index contributed by atoms with van der Waals surface area (Å²) in [6.45, 7) is 0. The molecular formula is C21H15NO3S. The summed E-state index contributed by atoms with van der Waals surface area (Å²) in [5.41, 5.74) is 1.64. The molecular weight excluding hydrogens is 346 g/mol. The number of carbonyl (C=O) groups is 1. The highest BCUT2D eigenvalue weighted by atomic mass is 32.2. The third kappa shape index (κ3) is 3.09. The first-order valence-corrected chi connectivity index (χ1v) is 8.84. The number of aliphatic imine (C=N–C) groups is 1. The number of benzene rings is 3. The van der Waals surface area contributed by atoms with Gasteiger partial charge in [0.2, 0.25) is 0 Å². The SMILES string of the molecule is COc1ccc(/C=C2\SC(c3ccc4ccccc4c3)=NC2=O)cc1O. The molecule has 128 valence electrons. The first-order valence-electron chi connectivity index (χ1n) is 8.03. The maximum atomic E-state index is 12.3. The van der Waals surface area contributed by atoms with Crippen molar-refractivity contribution in [3.63, 3.8) is 0 Å². The molecule has 0 radical (unpaired) electrons. The second-order valence-electron chi connectivity index (χ2n) is 5.83. The first-order chi connectivity index (χ1) is 12.6. The molecule has 0 spiro atoms. The lowest BCUT2D eigenvalue weighted by Crippen LogP contribution is -1.91. The number of nitrogens with zero attached hydrogens (tertiary/aromatic N) is 1. The molecule has 5 heteroatoms. The molecule has 1 heterocycles. The van der Waals surface area contributed by atoms with Crippen molar-refractivity contribution >= 4 is 39.6 Å². The molecule has 1 amide bonds. The number of ether oxygens (including phenoxy) is 1. The Morgan fingerprint density at radius 1 is 1.04 bits per heavy atom. The van der Waals surface area contributed by atoms with E-state index in [1.807, 2.05) is 36.4 Å². The molecule has 4 rings (SSSR count). The number of amides is 1. The minimum atomic E-state index is -0.270. The molecule has 3 aromatic carbocycles. The van der Waals surface area contributed by atoms with Crippen LogP contribution in [-0.4, -0.2) is 23.2 Å². The maximum absolute atomic E-state index is 12.3. The van der Waals surface area contributed by atoms with Crippen molar-refractivity contribution in [2.75, 3.05) is 7.11 Å². The van der Waals surface area contributed by atoms with Crippen LogP contribution in [0, 0.1) is 0 Å². The maximum Gasteiger partial charge on any atom is 0.284 e. The van der Waals surface area contributed by atoms with Crippen LogP contribution in [0.4, 0.5) is 0 Å². The van der Waals surface area contributed by atoms with Crippen LogP contribution in [0.3, 0.4) is 0 Å².